The molecule has 0 N–H and O–H groups in total. The van der Waals surface area contributed by atoms with E-state index in [4.69, 9.17) is 20.4 Å². The standard InChI is InChI=1S/C19H8ClF3O4/c20-10-4-5-15-9(6-10)7-13(18(25)26-15)11-2-1-3-12-14(19(21,22)23)8-16(24)27-17(11)12/h1-8H. The Hall–Kier alpha value is -3.06. The van der Waals surface area contributed by atoms with Gasteiger partial charge in [-0.3, -0.25) is 0 Å². The first-order chi connectivity index (χ1) is 12.7. The van der Waals surface area contributed by atoms with Gasteiger partial charge in [0, 0.05) is 27.4 Å². The third kappa shape index (κ3) is 3.00. The minimum Gasteiger partial charge on any atom is -0.422 e. The van der Waals surface area contributed by atoms with Crippen LogP contribution in [0.1, 0.15) is 5.56 Å². The lowest BCUT2D eigenvalue weighted by Gasteiger charge is -2.11. The van der Waals surface area contributed by atoms with Gasteiger partial charge in [0.1, 0.15) is 11.2 Å². The molecule has 136 valence electrons. The van der Waals surface area contributed by atoms with E-state index in [1.54, 1.807) is 12.1 Å². The summed E-state index contributed by atoms with van der Waals surface area (Å²) in [5, 5.41) is 0.541. The van der Waals surface area contributed by atoms with Crippen LogP contribution < -0.4 is 11.3 Å². The second-order valence-corrected chi connectivity index (χ2v) is 6.23. The summed E-state index contributed by atoms with van der Waals surface area (Å²) in [5.41, 5.74) is -3.18. The number of alkyl halides is 3. The normalized spacial score (nSPS) is 12.0. The van der Waals surface area contributed by atoms with Crippen LogP contribution in [0.3, 0.4) is 0 Å². The van der Waals surface area contributed by atoms with Crippen molar-refractivity contribution in [2.75, 3.05) is 0 Å². The Morgan fingerprint density at radius 2 is 1.67 bits per heavy atom. The maximum absolute atomic E-state index is 13.3. The van der Waals surface area contributed by atoms with Crippen molar-refractivity contribution in [2.24, 2.45) is 0 Å². The van der Waals surface area contributed by atoms with Crippen LogP contribution in [0.5, 0.6) is 0 Å². The van der Waals surface area contributed by atoms with Crippen molar-refractivity contribution >= 4 is 33.5 Å². The fourth-order valence-corrected chi connectivity index (χ4v) is 3.09. The summed E-state index contributed by atoms with van der Waals surface area (Å²) in [5.74, 6) is 0. The molecule has 0 saturated heterocycles. The Labute approximate surface area is 153 Å². The Morgan fingerprint density at radius 1 is 0.889 bits per heavy atom. The molecule has 0 aliphatic rings. The van der Waals surface area contributed by atoms with Crippen molar-refractivity contribution in [1.82, 2.24) is 0 Å². The van der Waals surface area contributed by atoms with Gasteiger partial charge in [-0.15, -0.1) is 0 Å². The molecule has 0 aliphatic heterocycles. The second kappa shape index (κ2) is 5.99. The Kier molecular flexibility index (Phi) is 3.85. The van der Waals surface area contributed by atoms with Gasteiger partial charge in [-0.2, -0.15) is 13.2 Å². The lowest BCUT2D eigenvalue weighted by atomic mass is 10.0. The molecule has 0 aliphatic carbocycles. The molecule has 2 heterocycles. The van der Waals surface area contributed by atoms with Crippen LogP contribution in [0.4, 0.5) is 13.2 Å². The SMILES string of the molecule is O=c1cc(C(F)(F)F)c2cccc(-c3cc4cc(Cl)ccc4oc3=O)c2o1. The molecule has 2 aromatic heterocycles. The second-order valence-electron chi connectivity index (χ2n) is 5.79. The molecule has 8 heteroatoms. The predicted molar refractivity (Wildman–Crippen MR) is 94.0 cm³/mol. The van der Waals surface area contributed by atoms with Crippen LogP contribution in [0.2, 0.25) is 5.02 Å². The van der Waals surface area contributed by atoms with Crippen molar-refractivity contribution in [3.63, 3.8) is 0 Å². The first kappa shape index (κ1) is 17.4. The van der Waals surface area contributed by atoms with E-state index in [1.165, 1.54) is 30.3 Å². The number of rotatable bonds is 1. The highest BCUT2D eigenvalue weighted by Gasteiger charge is 2.34. The molecule has 4 rings (SSSR count). The first-order valence-corrected chi connectivity index (χ1v) is 8.00. The smallest absolute Gasteiger partial charge is 0.417 e. The van der Waals surface area contributed by atoms with Crippen molar-refractivity contribution < 1.29 is 22.0 Å². The number of fused-ring (bicyclic) bond motifs is 2. The van der Waals surface area contributed by atoms with Gasteiger partial charge in [-0.1, -0.05) is 29.8 Å². The molecular weight excluding hydrogens is 385 g/mol. The minimum absolute atomic E-state index is 0.0197. The molecule has 0 unspecified atom stereocenters. The van der Waals surface area contributed by atoms with Crippen LogP contribution in [-0.4, -0.2) is 0 Å². The molecule has 0 radical (unpaired) electrons. The lowest BCUT2D eigenvalue weighted by Crippen LogP contribution is -2.12. The Morgan fingerprint density at radius 3 is 2.41 bits per heavy atom. The quantitative estimate of drug-likeness (QED) is 0.416. The average molecular weight is 393 g/mol. The number of halogens is 4. The van der Waals surface area contributed by atoms with Crippen LogP contribution in [0.15, 0.2) is 67.0 Å². The molecule has 0 saturated carbocycles. The monoisotopic (exact) mass is 392 g/mol. The van der Waals surface area contributed by atoms with Gasteiger partial charge in [0.25, 0.3) is 0 Å². The van der Waals surface area contributed by atoms with Crippen LogP contribution in [0.25, 0.3) is 33.1 Å². The summed E-state index contributed by atoms with van der Waals surface area (Å²) in [7, 11) is 0. The molecular formula is C19H8ClF3O4. The molecule has 0 bridgehead atoms. The third-order valence-electron chi connectivity index (χ3n) is 4.06. The van der Waals surface area contributed by atoms with Crippen molar-refractivity contribution in [3.05, 3.63) is 80.0 Å². The Balaban J connectivity index is 2.10. The van der Waals surface area contributed by atoms with Gasteiger partial charge in [0.05, 0.1) is 11.1 Å². The molecule has 4 aromatic rings. The molecule has 0 atom stereocenters. The highest BCUT2D eigenvalue weighted by atomic mass is 35.5. The summed E-state index contributed by atoms with van der Waals surface area (Å²) in [4.78, 5) is 24.1. The van der Waals surface area contributed by atoms with Crippen LogP contribution >= 0.6 is 11.6 Å². The fraction of sp³-hybridized carbons (Fsp3) is 0.0526. The van der Waals surface area contributed by atoms with E-state index in [2.05, 4.69) is 0 Å². The predicted octanol–water partition coefficient (Wildman–Crippen LogP) is 5.24. The zero-order valence-electron chi connectivity index (χ0n) is 13.3. The number of benzene rings is 2. The third-order valence-corrected chi connectivity index (χ3v) is 4.29. The zero-order valence-corrected chi connectivity index (χ0v) is 14.0. The summed E-state index contributed by atoms with van der Waals surface area (Å²) in [6, 6.07) is 10.3. The average Bonchev–Trinajstić information content (AvgIpc) is 2.59. The van der Waals surface area contributed by atoms with E-state index >= 15 is 0 Å². The summed E-state index contributed by atoms with van der Waals surface area (Å²) >= 11 is 5.94. The van der Waals surface area contributed by atoms with E-state index in [0.29, 0.717) is 16.5 Å². The topological polar surface area (TPSA) is 60.4 Å². The number of hydrogen-bond donors (Lipinski definition) is 0. The van der Waals surface area contributed by atoms with Crippen LogP contribution in [0, 0.1) is 0 Å². The molecule has 0 amide bonds. The van der Waals surface area contributed by atoms with Crippen molar-refractivity contribution in [1.29, 1.82) is 0 Å². The summed E-state index contributed by atoms with van der Waals surface area (Å²) in [6.07, 6.45) is -4.76. The minimum atomic E-state index is -4.76. The molecule has 0 fully saturated rings. The van der Waals surface area contributed by atoms with Crippen molar-refractivity contribution in [2.45, 2.75) is 6.18 Å². The molecule has 2 aromatic carbocycles. The summed E-state index contributed by atoms with van der Waals surface area (Å²) in [6.45, 7) is 0. The van der Waals surface area contributed by atoms with Gasteiger partial charge in [0.15, 0.2) is 0 Å². The van der Waals surface area contributed by atoms with Gasteiger partial charge >= 0.3 is 17.4 Å². The zero-order chi connectivity index (χ0) is 19.3. The largest absolute Gasteiger partial charge is 0.422 e. The van der Waals surface area contributed by atoms with E-state index < -0.39 is 23.0 Å². The number of para-hydroxylation sites is 1. The van der Waals surface area contributed by atoms with Crippen LogP contribution in [-0.2, 0) is 6.18 Å². The molecule has 27 heavy (non-hydrogen) atoms. The van der Waals surface area contributed by atoms with E-state index in [-0.39, 0.29) is 27.7 Å². The number of hydrogen-bond acceptors (Lipinski definition) is 4. The maximum Gasteiger partial charge on any atom is 0.417 e. The van der Waals surface area contributed by atoms with Gasteiger partial charge < -0.3 is 8.83 Å². The highest BCUT2D eigenvalue weighted by Crippen LogP contribution is 2.37. The lowest BCUT2D eigenvalue weighted by molar-refractivity contribution is -0.136. The Bertz CT molecular complexity index is 1320. The van der Waals surface area contributed by atoms with E-state index in [0.717, 1.165) is 0 Å². The van der Waals surface area contributed by atoms with Gasteiger partial charge in [-0.25, -0.2) is 9.59 Å². The summed E-state index contributed by atoms with van der Waals surface area (Å²) < 4.78 is 50.1. The highest BCUT2D eigenvalue weighted by molar-refractivity contribution is 6.31. The maximum atomic E-state index is 13.3. The first-order valence-electron chi connectivity index (χ1n) is 7.62. The van der Waals surface area contributed by atoms with Gasteiger partial charge in [-0.05, 0) is 24.3 Å². The molecule has 4 nitrogen and oxygen atoms in total. The van der Waals surface area contributed by atoms with E-state index in [1.807, 2.05) is 0 Å². The molecule has 0 spiro atoms. The van der Waals surface area contributed by atoms with Crippen molar-refractivity contribution in [3.8, 4) is 11.1 Å². The van der Waals surface area contributed by atoms with E-state index in [9.17, 15) is 22.8 Å². The fourth-order valence-electron chi connectivity index (χ4n) is 2.91. The van der Waals surface area contributed by atoms with Gasteiger partial charge in [0.2, 0.25) is 0 Å².